The van der Waals surface area contributed by atoms with Crippen LogP contribution in [0.4, 0.5) is 23.7 Å². The number of anilines is 1. The van der Waals surface area contributed by atoms with E-state index >= 15 is 0 Å². The fraction of sp³-hybridized carbons (Fsp3) is 0.250. The predicted molar refractivity (Wildman–Crippen MR) is 65.0 cm³/mol. The maximum Gasteiger partial charge on any atom is 0.326 e. The number of carboxylic acid groups (broad SMARTS) is 1. The number of urea groups is 1. The van der Waals surface area contributed by atoms with Gasteiger partial charge in [0.2, 0.25) is 5.91 Å². The molecule has 0 spiro atoms. The fourth-order valence-corrected chi connectivity index (χ4v) is 1.40. The summed E-state index contributed by atoms with van der Waals surface area (Å²) in [6, 6.07) is -0.472. The number of aliphatic carboxylic acids is 1. The Labute approximate surface area is 116 Å². The zero-order chi connectivity index (χ0) is 16.0. The van der Waals surface area contributed by atoms with Crippen molar-refractivity contribution in [3.8, 4) is 0 Å². The van der Waals surface area contributed by atoms with E-state index in [4.69, 9.17) is 5.11 Å². The first-order chi connectivity index (χ1) is 9.79. The number of amides is 3. The molecule has 0 saturated heterocycles. The third-order valence-electron chi connectivity index (χ3n) is 2.29. The maximum atomic E-state index is 13.2. The van der Waals surface area contributed by atoms with Crippen LogP contribution in [0.3, 0.4) is 0 Å². The molecule has 0 aromatic heterocycles. The van der Waals surface area contributed by atoms with Gasteiger partial charge in [-0.25, -0.2) is 18.0 Å². The molecule has 0 aliphatic carbocycles. The largest absolute Gasteiger partial charge is 0.481 e. The summed E-state index contributed by atoms with van der Waals surface area (Å²) in [6.07, 6.45) is -0.488. The van der Waals surface area contributed by atoms with Gasteiger partial charge in [0.15, 0.2) is 11.6 Å². The minimum atomic E-state index is -1.33. The molecule has 3 amide bonds. The number of halogens is 3. The summed E-state index contributed by atoms with van der Waals surface area (Å²) in [6.45, 7) is 0. The van der Waals surface area contributed by atoms with Crippen LogP contribution >= 0.6 is 0 Å². The van der Waals surface area contributed by atoms with E-state index in [1.807, 2.05) is 0 Å². The molecule has 21 heavy (non-hydrogen) atoms. The zero-order valence-corrected chi connectivity index (χ0v) is 10.6. The highest BCUT2D eigenvalue weighted by molar-refractivity contribution is 6.01. The van der Waals surface area contributed by atoms with Gasteiger partial charge in [-0.15, -0.1) is 0 Å². The van der Waals surface area contributed by atoms with Gasteiger partial charge in [0.25, 0.3) is 0 Å². The molecule has 1 aromatic carbocycles. The van der Waals surface area contributed by atoms with Crippen LogP contribution in [0.2, 0.25) is 0 Å². The molecule has 0 aliphatic rings. The SMILES string of the molecule is O=C(O)CCCC(=O)NC(=O)Nc1c(F)cc(F)cc1F. The molecule has 114 valence electrons. The average Bonchev–Trinajstić information content (AvgIpc) is 2.33. The maximum absolute atomic E-state index is 13.2. The van der Waals surface area contributed by atoms with Gasteiger partial charge in [0.05, 0.1) is 0 Å². The van der Waals surface area contributed by atoms with Gasteiger partial charge in [-0.2, -0.15) is 0 Å². The summed E-state index contributed by atoms with van der Waals surface area (Å²) in [7, 11) is 0. The molecule has 0 radical (unpaired) electrons. The lowest BCUT2D eigenvalue weighted by atomic mass is 10.2. The van der Waals surface area contributed by atoms with E-state index in [1.165, 1.54) is 0 Å². The van der Waals surface area contributed by atoms with Crippen LogP contribution in [-0.4, -0.2) is 23.0 Å². The van der Waals surface area contributed by atoms with Crippen molar-refractivity contribution in [3.63, 3.8) is 0 Å². The summed E-state index contributed by atoms with van der Waals surface area (Å²) < 4.78 is 39.1. The molecule has 0 saturated carbocycles. The van der Waals surface area contributed by atoms with Crippen molar-refractivity contribution in [1.82, 2.24) is 5.32 Å². The van der Waals surface area contributed by atoms with Crippen molar-refractivity contribution in [2.75, 3.05) is 5.32 Å². The van der Waals surface area contributed by atoms with Crippen molar-refractivity contribution in [1.29, 1.82) is 0 Å². The van der Waals surface area contributed by atoms with Gasteiger partial charge < -0.3 is 10.4 Å². The number of nitrogens with one attached hydrogen (secondary N) is 2. The molecule has 6 nitrogen and oxygen atoms in total. The first-order valence-electron chi connectivity index (χ1n) is 5.76. The number of benzene rings is 1. The van der Waals surface area contributed by atoms with E-state index in [2.05, 4.69) is 0 Å². The molecule has 0 aliphatic heterocycles. The minimum Gasteiger partial charge on any atom is -0.481 e. The zero-order valence-electron chi connectivity index (χ0n) is 10.6. The second-order valence-corrected chi connectivity index (χ2v) is 3.99. The Balaban J connectivity index is 2.54. The van der Waals surface area contributed by atoms with Crippen LogP contribution in [0.5, 0.6) is 0 Å². The molecule has 9 heteroatoms. The monoisotopic (exact) mass is 304 g/mol. The Kier molecular flexibility index (Phi) is 5.70. The van der Waals surface area contributed by atoms with Gasteiger partial charge in [-0.05, 0) is 6.42 Å². The summed E-state index contributed by atoms with van der Waals surface area (Å²) >= 11 is 0. The van der Waals surface area contributed by atoms with E-state index in [0.717, 1.165) is 0 Å². The summed E-state index contributed by atoms with van der Waals surface area (Å²) in [5.74, 6) is -5.72. The lowest BCUT2D eigenvalue weighted by Gasteiger charge is -2.08. The summed E-state index contributed by atoms with van der Waals surface area (Å²) in [4.78, 5) is 32.8. The van der Waals surface area contributed by atoms with Crippen molar-refractivity contribution in [2.24, 2.45) is 0 Å². The first kappa shape index (κ1) is 16.5. The molecule has 1 rings (SSSR count). The third kappa shape index (κ3) is 5.51. The van der Waals surface area contributed by atoms with Crippen LogP contribution in [-0.2, 0) is 9.59 Å². The van der Waals surface area contributed by atoms with E-state index in [-0.39, 0.29) is 19.3 Å². The summed E-state index contributed by atoms with van der Waals surface area (Å²) in [5.41, 5.74) is -0.896. The van der Waals surface area contributed by atoms with Crippen molar-refractivity contribution >= 4 is 23.6 Å². The van der Waals surface area contributed by atoms with E-state index < -0.39 is 41.0 Å². The number of carbonyl (C=O) groups excluding carboxylic acids is 2. The van der Waals surface area contributed by atoms with Gasteiger partial charge in [-0.3, -0.25) is 14.9 Å². The molecular formula is C12H11F3N2O4. The number of carbonyl (C=O) groups is 3. The van der Waals surface area contributed by atoms with Crippen LogP contribution in [0, 0.1) is 17.5 Å². The highest BCUT2D eigenvalue weighted by Crippen LogP contribution is 2.19. The molecular weight excluding hydrogens is 293 g/mol. The second kappa shape index (κ2) is 7.27. The Bertz CT molecular complexity index is 555. The lowest BCUT2D eigenvalue weighted by molar-refractivity contribution is -0.137. The van der Waals surface area contributed by atoms with E-state index in [0.29, 0.717) is 12.1 Å². The van der Waals surface area contributed by atoms with Crippen LogP contribution < -0.4 is 10.6 Å². The van der Waals surface area contributed by atoms with Crippen molar-refractivity contribution < 1.29 is 32.7 Å². The molecule has 0 unspecified atom stereocenters. The van der Waals surface area contributed by atoms with Gasteiger partial charge in [0.1, 0.15) is 11.5 Å². The Morgan fingerprint density at radius 1 is 1.05 bits per heavy atom. The number of imide groups is 1. The first-order valence-corrected chi connectivity index (χ1v) is 5.76. The van der Waals surface area contributed by atoms with Crippen molar-refractivity contribution in [2.45, 2.75) is 19.3 Å². The van der Waals surface area contributed by atoms with Crippen molar-refractivity contribution in [3.05, 3.63) is 29.6 Å². The number of carboxylic acids is 1. The summed E-state index contributed by atoms with van der Waals surface area (Å²) in [5, 5.41) is 11.9. The van der Waals surface area contributed by atoms with E-state index in [9.17, 15) is 27.6 Å². The highest BCUT2D eigenvalue weighted by atomic mass is 19.1. The molecule has 0 bridgehead atoms. The normalized spacial score (nSPS) is 10.0. The van der Waals surface area contributed by atoms with Gasteiger partial charge >= 0.3 is 12.0 Å². The fourth-order valence-electron chi connectivity index (χ4n) is 1.40. The number of hydrogen-bond donors (Lipinski definition) is 3. The Morgan fingerprint density at radius 2 is 1.62 bits per heavy atom. The smallest absolute Gasteiger partial charge is 0.326 e. The van der Waals surface area contributed by atoms with Crippen LogP contribution in [0.15, 0.2) is 12.1 Å². The second-order valence-electron chi connectivity index (χ2n) is 3.99. The molecule has 0 fully saturated rings. The van der Waals surface area contributed by atoms with Crippen LogP contribution in [0.25, 0.3) is 0 Å². The minimum absolute atomic E-state index is 0.00766. The molecule has 3 N–H and O–H groups in total. The number of hydrogen-bond acceptors (Lipinski definition) is 3. The predicted octanol–water partition coefficient (Wildman–Crippen LogP) is 2.01. The standard InChI is InChI=1S/C12H11F3N2O4/c13-6-4-7(14)11(8(15)5-6)17-12(21)16-9(18)2-1-3-10(19)20/h4-5H,1-3H2,(H,19,20)(H2,16,17,18,21). The highest BCUT2D eigenvalue weighted by Gasteiger charge is 2.15. The van der Waals surface area contributed by atoms with Gasteiger partial charge in [0, 0.05) is 25.0 Å². The lowest BCUT2D eigenvalue weighted by Crippen LogP contribution is -2.34. The molecule has 0 heterocycles. The molecule has 0 atom stereocenters. The Hall–Kier alpha value is -2.58. The van der Waals surface area contributed by atoms with Gasteiger partial charge in [-0.1, -0.05) is 0 Å². The van der Waals surface area contributed by atoms with E-state index in [1.54, 1.807) is 10.6 Å². The van der Waals surface area contributed by atoms with Crippen LogP contribution in [0.1, 0.15) is 19.3 Å². The quantitative estimate of drug-likeness (QED) is 0.775. The topological polar surface area (TPSA) is 95.5 Å². The Morgan fingerprint density at radius 3 is 2.14 bits per heavy atom. The average molecular weight is 304 g/mol. The number of rotatable bonds is 5. The molecule has 1 aromatic rings. The third-order valence-corrected chi connectivity index (χ3v) is 2.29.